The van der Waals surface area contributed by atoms with Crippen LogP contribution in [0, 0.1) is 0 Å². The van der Waals surface area contributed by atoms with Crippen LogP contribution < -0.4 is 0 Å². The zero-order valence-electron chi connectivity index (χ0n) is 11.8. The van der Waals surface area contributed by atoms with Gasteiger partial charge in [-0.15, -0.1) is 0 Å². The SMILES string of the molecule is F[Te](OCCBr)(OCCBr)(OCCBr)(OCCBr)OCCBr. The molecule has 0 rings (SSSR count). The summed E-state index contributed by atoms with van der Waals surface area (Å²) in [7, 11) is 0. The third-order valence-corrected chi connectivity index (χ3v) is 12.7. The fourth-order valence-corrected chi connectivity index (χ4v) is 13.4. The quantitative estimate of drug-likeness (QED) is 0.184. The van der Waals surface area contributed by atoms with E-state index in [0.29, 0.717) is 26.7 Å². The van der Waals surface area contributed by atoms with Gasteiger partial charge in [-0.25, -0.2) is 0 Å². The molecule has 22 heavy (non-hydrogen) atoms. The van der Waals surface area contributed by atoms with Crippen LogP contribution in [0.2, 0.25) is 0 Å². The molecule has 0 aliphatic rings. The van der Waals surface area contributed by atoms with E-state index in [1.165, 1.54) is 0 Å². The maximum absolute atomic E-state index is 16.5. The van der Waals surface area contributed by atoms with Crippen LogP contribution in [0.25, 0.3) is 0 Å². The van der Waals surface area contributed by atoms with Gasteiger partial charge in [0.15, 0.2) is 0 Å². The molecule has 0 aromatic carbocycles. The van der Waals surface area contributed by atoms with Gasteiger partial charge in [0.1, 0.15) is 0 Å². The monoisotopic (exact) mass is 764 g/mol. The van der Waals surface area contributed by atoms with Crippen molar-refractivity contribution in [2.45, 2.75) is 0 Å². The number of rotatable bonds is 15. The summed E-state index contributed by atoms with van der Waals surface area (Å²) < 4.78 is 43.8. The van der Waals surface area contributed by atoms with Crippen molar-refractivity contribution < 1.29 is 18.4 Å². The predicted molar refractivity (Wildman–Crippen MR) is 106 cm³/mol. The van der Waals surface area contributed by atoms with Gasteiger partial charge in [0.2, 0.25) is 0 Å². The summed E-state index contributed by atoms with van der Waals surface area (Å²) in [4.78, 5) is 0. The molecule has 0 saturated heterocycles. The van der Waals surface area contributed by atoms with Gasteiger partial charge < -0.3 is 0 Å². The molecule has 0 aliphatic heterocycles. The molecule has 12 heteroatoms. The zero-order valence-corrected chi connectivity index (χ0v) is 22.0. The van der Waals surface area contributed by atoms with E-state index >= 15 is 2.89 Å². The Kier molecular flexibility index (Phi) is 13.1. The molecule has 0 spiro atoms. The Bertz CT molecular complexity index is 256. The maximum atomic E-state index is 16.5. The van der Waals surface area contributed by atoms with Gasteiger partial charge in [0.25, 0.3) is 0 Å². The Hall–Kier alpha value is 2.92. The van der Waals surface area contributed by atoms with Gasteiger partial charge >= 0.3 is 176 Å². The first-order valence-corrected chi connectivity index (χ1v) is 17.5. The van der Waals surface area contributed by atoms with Gasteiger partial charge in [-0.1, -0.05) is 0 Å². The first kappa shape index (κ1) is 24.9. The molecule has 0 atom stereocenters. The fourth-order valence-electron chi connectivity index (χ4n) is 1.34. The number of hydrogen-bond donors (Lipinski definition) is 0. The van der Waals surface area contributed by atoms with E-state index in [2.05, 4.69) is 79.6 Å². The molecule has 0 N–H and O–H groups in total. The van der Waals surface area contributed by atoms with E-state index < -0.39 is 18.1 Å². The van der Waals surface area contributed by atoms with E-state index in [1.54, 1.807) is 0 Å². The van der Waals surface area contributed by atoms with Gasteiger partial charge in [0, 0.05) is 0 Å². The van der Waals surface area contributed by atoms with Crippen LogP contribution in [0.3, 0.4) is 0 Å². The van der Waals surface area contributed by atoms with Gasteiger partial charge in [-0.2, -0.15) is 0 Å². The van der Waals surface area contributed by atoms with E-state index in [-0.39, 0.29) is 33.0 Å². The molecule has 0 bridgehead atoms. The van der Waals surface area contributed by atoms with Crippen molar-refractivity contribution in [3.05, 3.63) is 0 Å². The second-order valence-electron chi connectivity index (χ2n) is 3.55. The van der Waals surface area contributed by atoms with Crippen molar-refractivity contribution in [2.24, 2.45) is 0 Å². The van der Waals surface area contributed by atoms with Crippen molar-refractivity contribution in [1.82, 2.24) is 0 Å². The van der Waals surface area contributed by atoms with E-state index in [9.17, 15) is 0 Å². The van der Waals surface area contributed by atoms with Crippen molar-refractivity contribution in [1.29, 1.82) is 0 Å². The predicted octanol–water partition coefficient (Wildman–Crippen LogP) is 4.35. The molecule has 0 aromatic rings. The summed E-state index contributed by atoms with van der Waals surface area (Å²) in [6.45, 7) is -0.0840. The summed E-state index contributed by atoms with van der Waals surface area (Å²) in [5.74, 6) is 0. The average molecular weight is 766 g/mol. The summed E-state index contributed by atoms with van der Waals surface area (Å²) in [5.41, 5.74) is 0. The fraction of sp³-hybridized carbons (Fsp3) is 1.00. The summed E-state index contributed by atoms with van der Waals surface area (Å²) in [5, 5.41) is 1.90. The van der Waals surface area contributed by atoms with Crippen LogP contribution in [-0.2, 0) is 15.5 Å². The first-order valence-electron chi connectivity index (χ1n) is 6.27. The Morgan fingerprint density at radius 3 is 0.818 bits per heavy atom. The van der Waals surface area contributed by atoms with Crippen LogP contribution >= 0.6 is 79.6 Å². The zero-order chi connectivity index (χ0) is 17.0. The van der Waals surface area contributed by atoms with E-state index in [0.717, 1.165) is 0 Å². The summed E-state index contributed by atoms with van der Waals surface area (Å²) in [6.07, 6.45) is 0. The number of hydrogen-bond acceptors (Lipinski definition) is 5. The Balaban J connectivity index is 5.76. The molecular formula is C10H20Br5FO5Te. The van der Waals surface area contributed by atoms with Gasteiger partial charge in [-0.3, -0.25) is 0 Å². The Morgan fingerprint density at radius 2 is 0.682 bits per heavy atom. The van der Waals surface area contributed by atoms with Crippen LogP contribution in [0.1, 0.15) is 0 Å². The van der Waals surface area contributed by atoms with Crippen molar-refractivity contribution in [3.8, 4) is 0 Å². The Morgan fingerprint density at radius 1 is 0.500 bits per heavy atom. The molecule has 0 radical (unpaired) electrons. The summed E-state index contributed by atoms with van der Waals surface area (Å²) >= 11 is 8.95. The first-order chi connectivity index (χ1) is 10.4. The van der Waals surface area contributed by atoms with Crippen molar-refractivity contribution >= 4 is 97.7 Å². The second kappa shape index (κ2) is 11.6. The average Bonchev–Trinajstić information content (AvgIpc) is 2.55. The third kappa shape index (κ3) is 7.66. The minimum atomic E-state index is -7.06. The molecule has 0 aliphatic carbocycles. The van der Waals surface area contributed by atoms with Crippen LogP contribution in [-0.4, -0.2) is 77.7 Å². The van der Waals surface area contributed by atoms with Crippen molar-refractivity contribution in [2.75, 3.05) is 59.7 Å². The Labute approximate surface area is 173 Å². The second-order valence-corrected chi connectivity index (χ2v) is 16.6. The minimum absolute atomic E-state index is 0.0168. The topological polar surface area (TPSA) is 46.2 Å². The van der Waals surface area contributed by atoms with Crippen LogP contribution in [0.5, 0.6) is 0 Å². The molecule has 0 fully saturated rings. The standard InChI is InChI=1S/C10H20Br5FO5Te/c11-1-6-17-22(16,18-7-2-12,19-8-3-13,20-9-4-14)21-10-5-15/h1-10H2. The number of halogens is 6. The molecule has 0 unspecified atom stereocenters. The molecule has 0 heterocycles. The molecule has 138 valence electrons. The summed E-state index contributed by atoms with van der Waals surface area (Å²) in [6, 6.07) is 0. The third-order valence-electron chi connectivity index (χ3n) is 1.99. The van der Waals surface area contributed by atoms with Crippen LogP contribution in [0.4, 0.5) is 2.89 Å². The van der Waals surface area contributed by atoms with Crippen LogP contribution in [0.15, 0.2) is 0 Å². The molecule has 0 aromatic heterocycles. The van der Waals surface area contributed by atoms with E-state index in [4.69, 9.17) is 15.5 Å². The van der Waals surface area contributed by atoms with Gasteiger partial charge in [0.05, 0.1) is 0 Å². The normalized spacial score (nSPS) is 15.5. The van der Waals surface area contributed by atoms with Gasteiger partial charge in [-0.05, 0) is 0 Å². The van der Waals surface area contributed by atoms with E-state index in [1.807, 2.05) is 0 Å². The van der Waals surface area contributed by atoms with Crippen molar-refractivity contribution in [3.63, 3.8) is 0 Å². The molecule has 5 nitrogen and oxygen atoms in total. The molecular weight excluding hydrogens is 746 g/mol. The number of alkyl halides is 5. The molecule has 0 amide bonds. The molecule has 0 saturated carbocycles.